The predicted molar refractivity (Wildman–Crippen MR) is 67.6 cm³/mol. The maximum absolute atomic E-state index is 12.8. The molecule has 0 fully saturated rings. The van der Waals surface area contributed by atoms with Crippen molar-refractivity contribution < 1.29 is 13.9 Å². The molecule has 0 heterocycles. The van der Waals surface area contributed by atoms with Crippen molar-refractivity contribution in [3.05, 3.63) is 65.0 Å². The first-order valence-electron chi connectivity index (χ1n) is 5.57. The van der Waals surface area contributed by atoms with Crippen molar-refractivity contribution in [3.63, 3.8) is 0 Å². The van der Waals surface area contributed by atoms with Crippen LogP contribution >= 0.6 is 0 Å². The number of ketones is 1. The van der Waals surface area contributed by atoms with Crippen molar-refractivity contribution in [2.45, 2.75) is 6.92 Å². The van der Waals surface area contributed by atoms with Gasteiger partial charge in [0.15, 0.2) is 5.78 Å². The molecule has 2 rings (SSSR count). The number of hydrogen-bond donors (Lipinski definition) is 0. The molecule has 0 bridgehead atoms. The number of halogens is 1. The number of para-hydroxylation sites is 1. The number of carbonyl (C=O) groups excluding carboxylic acids is 1. The molecule has 0 aliphatic carbocycles. The summed E-state index contributed by atoms with van der Waals surface area (Å²) in [6.45, 7) is 1.88. The van der Waals surface area contributed by atoms with Gasteiger partial charge in [-0.25, -0.2) is 4.39 Å². The number of rotatable bonds is 3. The average molecular weight is 244 g/mol. The maximum atomic E-state index is 12.8. The Kier molecular flexibility index (Phi) is 3.42. The Bertz CT molecular complexity index is 574. The van der Waals surface area contributed by atoms with Gasteiger partial charge in [0.1, 0.15) is 11.6 Å². The zero-order chi connectivity index (χ0) is 13.1. The fourth-order valence-electron chi connectivity index (χ4n) is 1.86. The van der Waals surface area contributed by atoms with Gasteiger partial charge in [-0.15, -0.1) is 0 Å². The van der Waals surface area contributed by atoms with Crippen LogP contribution in [0.15, 0.2) is 42.5 Å². The Morgan fingerprint density at radius 2 is 1.78 bits per heavy atom. The third-order valence-corrected chi connectivity index (χ3v) is 2.77. The van der Waals surface area contributed by atoms with Crippen molar-refractivity contribution in [2.75, 3.05) is 7.11 Å². The molecule has 0 aromatic heterocycles. The second-order valence-electron chi connectivity index (χ2n) is 3.99. The minimum atomic E-state index is -0.359. The first-order valence-corrected chi connectivity index (χ1v) is 5.57. The number of hydrogen-bond acceptors (Lipinski definition) is 2. The normalized spacial score (nSPS) is 10.2. The summed E-state index contributed by atoms with van der Waals surface area (Å²) in [4.78, 5) is 12.3. The summed E-state index contributed by atoms with van der Waals surface area (Å²) in [7, 11) is 1.53. The van der Waals surface area contributed by atoms with E-state index in [0.29, 0.717) is 16.9 Å². The van der Waals surface area contributed by atoms with E-state index in [2.05, 4.69) is 0 Å². The number of aryl methyl sites for hydroxylation is 1. The van der Waals surface area contributed by atoms with Crippen LogP contribution in [-0.4, -0.2) is 12.9 Å². The molecule has 2 aromatic rings. The van der Waals surface area contributed by atoms with E-state index in [0.717, 1.165) is 5.56 Å². The molecule has 18 heavy (non-hydrogen) atoms. The smallest absolute Gasteiger partial charge is 0.196 e. The van der Waals surface area contributed by atoms with Gasteiger partial charge in [0.2, 0.25) is 0 Å². The molecular weight excluding hydrogens is 231 g/mol. The molecule has 0 amide bonds. The first kappa shape index (κ1) is 12.3. The van der Waals surface area contributed by atoms with E-state index in [1.165, 1.54) is 31.4 Å². The number of benzene rings is 2. The third-order valence-electron chi connectivity index (χ3n) is 2.77. The lowest BCUT2D eigenvalue weighted by atomic mass is 10.0. The van der Waals surface area contributed by atoms with Gasteiger partial charge in [-0.3, -0.25) is 4.79 Å². The van der Waals surface area contributed by atoms with Gasteiger partial charge in [-0.05, 0) is 42.8 Å². The highest BCUT2D eigenvalue weighted by atomic mass is 19.1. The van der Waals surface area contributed by atoms with Crippen LogP contribution in [0.5, 0.6) is 5.75 Å². The highest BCUT2D eigenvalue weighted by molar-refractivity contribution is 6.10. The van der Waals surface area contributed by atoms with Gasteiger partial charge in [0, 0.05) is 5.56 Å². The summed E-state index contributed by atoms with van der Waals surface area (Å²) >= 11 is 0. The van der Waals surface area contributed by atoms with Gasteiger partial charge in [0.05, 0.1) is 12.7 Å². The molecule has 0 unspecified atom stereocenters. The highest BCUT2D eigenvalue weighted by Gasteiger charge is 2.15. The minimum absolute atomic E-state index is 0.171. The highest BCUT2D eigenvalue weighted by Crippen LogP contribution is 2.25. The van der Waals surface area contributed by atoms with Crippen molar-refractivity contribution in [1.82, 2.24) is 0 Å². The summed E-state index contributed by atoms with van der Waals surface area (Å²) < 4.78 is 18.1. The number of carbonyl (C=O) groups is 1. The minimum Gasteiger partial charge on any atom is -0.496 e. The third kappa shape index (κ3) is 2.25. The zero-order valence-electron chi connectivity index (χ0n) is 10.2. The monoisotopic (exact) mass is 244 g/mol. The average Bonchev–Trinajstić information content (AvgIpc) is 2.38. The molecule has 0 aliphatic rings. The van der Waals surface area contributed by atoms with Crippen molar-refractivity contribution in [2.24, 2.45) is 0 Å². The van der Waals surface area contributed by atoms with Crippen LogP contribution in [0.25, 0.3) is 0 Å². The van der Waals surface area contributed by atoms with E-state index in [4.69, 9.17) is 4.74 Å². The fraction of sp³-hybridized carbons (Fsp3) is 0.133. The van der Waals surface area contributed by atoms with E-state index in [1.807, 2.05) is 13.0 Å². The van der Waals surface area contributed by atoms with E-state index in [1.54, 1.807) is 12.1 Å². The molecule has 3 heteroatoms. The maximum Gasteiger partial charge on any atom is 0.196 e. The quantitative estimate of drug-likeness (QED) is 0.774. The van der Waals surface area contributed by atoms with Gasteiger partial charge < -0.3 is 4.74 Å². The standard InChI is InChI=1S/C15H13FO2/c1-10-4-3-5-13(15(10)18-2)14(17)11-6-8-12(16)9-7-11/h3-9H,1-2H3. The molecule has 0 radical (unpaired) electrons. The van der Waals surface area contributed by atoms with Gasteiger partial charge in [-0.2, -0.15) is 0 Å². The number of methoxy groups -OCH3 is 1. The molecule has 2 nitrogen and oxygen atoms in total. The summed E-state index contributed by atoms with van der Waals surface area (Å²) in [5, 5.41) is 0. The lowest BCUT2D eigenvalue weighted by Crippen LogP contribution is -2.05. The molecular formula is C15H13FO2. The second kappa shape index (κ2) is 5.00. The van der Waals surface area contributed by atoms with Crippen molar-refractivity contribution >= 4 is 5.78 Å². The molecule has 0 atom stereocenters. The molecule has 92 valence electrons. The number of ether oxygens (including phenoxy) is 1. The largest absolute Gasteiger partial charge is 0.496 e. The van der Waals surface area contributed by atoms with Crippen LogP contribution in [0.3, 0.4) is 0 Å². The summed E-state index contributed by atoms with van der Waals surface area (Å²) in [5.41, 5.74) is 1.83. The van der Waals surface area contributed by atoms with Crippen molar-refractivity contribution in [3.8, 4) is 5.75 Å². The Labute approximate surface area is 105 Å². The lowest BCUT2D eigenvalue weighted by molar-refractivity contribution is 0.103. The summed E-state index contributed by atoms with van der Waals surface area (Å²) in [6.07, 6.45) is 0. The van der Waals surface area contributed by atoms with Gasteiger partial charge >= 0.3 is 0 Å². The first-order chi connectivity index (χ1) is 8.63. The van der Waals surface area contributed by atoms with Crippen LogP contribution in [0.2, 0.25) is 0 Å². The van der Waals surface area contributed by atoms with E-state index < -0.39 is 0 Å². The van der Waals surface area contributed by atoms with Gasteiger partial charge in [0.25, 0.3) is 0 Å². The van der Waals surface area contributed by atoms with Gasteiger partial charge in [-0.1, -0.05) is 12.1 Å². The van der Waals surface area contributed by atoms with Crippen LogP contribution in [-0.2, 0) is 0 Å². The Morgan fingerprint density at radius 1 is 1.11 bits per heavy atom. The topological polar surface area (TPSA) is 26.3 Å². The van der Waals surface area contributed by atoms with E-state index >= 15 is 0 Å². The second-order valence-corrected chi connectivity index (χ2v) is 3.99. The Hall–Kier alpha value is -2.16. The molecule has 0 spiro atoms. The Balaban J connectivity index is 2.46. The summed E-state index contributed by atoms with van der Waals surface area (Å²) in [6, 6.07) is 10.9. The molecule has 0 saturated heterocycles. The van der Waals surface area contributed by atoms with Crippen LogP contribution in [0.1, 0.15) is 21.5 Å². The lowest BCUT2D eigenvalue weighted by Gasteiger charge is -2.10. The fourth-order valence-corrected chi connectivity index (χ4v) is 1.86. The van der Waals surface area contributed by atoms with Crippen LogP contribution < -0.4 is 4.74 Å². The SMILES string of the molecule is COc1c(C)cccc1C(=O)c1ccc(F)cc1. The van der Waals surface area contributed by atoms with E-state index in [9.17, 15) is 9.18 Å². The molecule has 0 N–H and O–H groups in total. The van der Waals surface area contributed by atoms with Crippen LogP contribution in [0, 0.1) is 12.7 Å². The van der Waals surface area contributed by atoms with Crippen molar-refractivity contribution in [1.29, 1.82) is 0 Å². The predicted octanol–water partition coefficient (Wildman–Crippen LogP) is 3.37. The molecule has 2 aromatic carbocycles. The zero-order valence-corrected chi connectivity index (χ0v) is 10.2. The van der Waals surface area contributed by atoms with Crippen LogP contribution in [0.4, 0.5) is 4.39 Å². The summed E-state index contributed by atoms with van der Waals surface area (Å²) in [5.74, 6) is 0.0325. The Morgan fingerprint density at radius 3 is 2.39 bits per heavy atom. The molecule has 0 saturated carbocycles. The molecule has 0 aliphatic heterocycles. The van der Waals surface area contributed by atoms with E-state index in [-0.39, 0.29) is 11.6 Å².